The number of ether oxygens (including phenoxy) is 1. The molecule has 0 aliphatic heterocycles. The van der Waals surface area contributed by atoms with Gasteiger partial charge in [0.1, 0.15) is 11.5 Å². The van der Waals surface area contributed by atoms with Crippen molar-refractivity contribution < 1.29 is 14.9 Å². The van der Waals surface area contributed by atoms with Crippen molar-refractivity contribution in [2.45, 2.75) is 32.3 Å². The number of phenolic OH excluding ortho intramolecular Hbond substituents is 1. The minimum atomic E-state index is -0.224. The fourth-order valence-electron chi connectivity index (χ4n) is 1.29. The highest BCUT2D eigenvalue weighted by molar-refractivity contribution is 5.31. The summed E-state index contributed by atoms with van der Waals surface area (Å²) in [5.41, 5.74) is 0. The number of benzene rings is 1. The van der Waals surface area contributed by atoms with Crippen LogP contribution in [0, 0.1) is 0 Å². The van der Waals surface area contributed by atoms with Crippen molar-refractivity contribution in [2.24, 2.45) is 0 Å². The Bertz CT molecular complexity index is 286. The molecule has 1 aromatic carbocycles. The zero-order chi connectivity index (χ0) is 11.1. The number of phenols is 1. The number of hydrogen-bond donors (Lipinski definition) is 2. The first-order valence-corrected chi connectivity index (χ1v) is 5.32. The van der Waals surface area contributed by atoms with Crippen LogP contribution in [0.25, 0.3) is 0 Å². The fourth-order valence-corrected chi connectivity index (χ4v) is 1.29. The molecule has 3 heteroatoms. The van der Waals surface area contributed by atoms with Crippen LogP contribution >= 0.6 is 0 Å². The molecule has 0 amide bonds. The van der Waals surface area contributed by atoms with Gasteiger partial charge in [-0.1, -0.05) is 13.0 Å². The molecule has 2 N–H and O–H groups in total. The summed E-state index contributed by atoms with van der Waals surface area (Å²) in [6, 6.07) is 6.73. The first-order chi connectivity index (χ1) is 7.22. The second-order valence-corrected chi connectivity index (χ2v) is 3.55. The van der Waals surface area contributed by atoms with Crippen LogP contribution in [0.3, 0.4) is 0 Å². The maximum absolute atomic E-state index is 9.30. The van der Waals surface area contributed by atoms with Gasteiger partial charge >= 0.3 is 0 Å². The highest BCUT2D eigenvalue weighted by atomic mass is 16.5. The molecule has 15 heavy (non-hydrogen) atoms. The van der Waals surface area contributed by atoms with Crippen LogP contribution in [-0.2, 0) is 0 Å². The lowest BCUT2D eigenvalue weighted by Crippen LogP contribution is -2.07. The normalized spacial score (nSPS) is 12.4. The van der Waals surface area contributed by atoms with Crippen LogP contribution in [0.4, 0.5) is 0 Å². The molecule has 1 unspecified atom stereocenters. The van der Waals surface area contributed by atoms with E-state index < -0.39 is 0 Å². The van der Waals surface area contributed by atoms with Gasteiger partial charge in [0, 0.05) is 6.07 Å². The maximum atomic E-state index is 9.30. The van der Waals surface area contributed by atoms with Gasteiger partial charge in [-0.2, -0.15) is 0 Å². The van der Waals surface area contributed by atoms with E-state index in [-0.39, 0.29) is 11.9 Å². The maximum Gasteiger partial charge on any atom is 0.122 e. The fraction of sp³-hybridized carbons (Fsp3) is 0.500. The minimum Gasteiger partial charge on any atom is -0.508 e. The van der Waals surface area contributed by atoms with Gasteiger partial charge in [0.2, 0.25) is 0 Å². The van der Waals surface area contributed by atoms with Crippen LogP contribution in [0.1, 0.15) is 26.2 Å². The second kappa shape index (κ2) is 6.30. The third-order valence-electron chi connectivity index (χ3n) is 2.24. The van der Waals surface area contributed by atoms with Gasteiger partial charge in [0.25, 0.3) is 0 Å². The van der Waals surface area contributed by atoms with Crippen LogP contribution < -0.4 is 4.74 Å². The molecular formula is C12H18O3. The van der Waals surface area contributed by atoms with E-state index in [0.29, 0.717) is 12.4 Å². The quantitative estimate of drug-likeness (QED) is 0.708. The van der Waals surface area contributed by atoms with E-state index in [4.69, 9.17) is 4.74 Å². The molecule has 0 radical (unpaired) electrons. The number of aromatic hydroxyl groups is 1. The van der Waals surface area contributed by atoms with Crippen LogP contribution in [-0.4, -0.2) is 22.9 Å². The Balaban J connectivity index is 2.20. The lowest BCUT2D eigenvalue weighted by atomic mass is 10.1. The van der Waals surface area contributed by atoms with Crippen LogP contribution in [0.15, 0.2) is 24.3 Å². The van der Waals surface area contributed by atoms with Gasteiger partial charge in [-0.25, -0.2) is 0 Å². The van der Waals surface area contributed by atoms with Crippen molar-refractivity contribution in [1.29, 1.82) is 0 Å². The lowest BCUT2D eigenvalue weighted by molar-refractivity contribution is 0.148. The number of aliphatic hydroxyl groups excluding tert-OH is 1. The number of rotatable bonds is 6. The molecule has 3 nitrogen and oxygen atoms in total. The Kier molecular flexibility index (Phi) is 4.98. The largest absolute Gasteiger partial charge is 0.508 e. The topological polar surface area (TPSA) is 49.7 Å². The molecule has 0 bridgehead atoms. The predicted octanol–water partition coefficient (Wildman–Crippen LogP) is 2.32. The van der Waals surface area contributed by atoms with Gasteiger partial charge < -0.3 is 14.9 Å². The van der Waals surface area contributed by atoms with Crippen molar-refractivity contribution in [3.63, 3.8) is 0 Å². The summed E-state index contributed by atoms with van der Waals surface area (Å²) in [4.78, 5) is 0. The molecule has 1 aromatic rings. The predicted molar refractivity (Wildman–Crippen MR) is 59.1 cm³/mol. The van der Waals surface area contributed by atoms with Crippen molar-refractivity contribution >= 4 is 0 Å². The highest BCUT2D eigenvalue weighted by Gasteiger charge is 2.00. The van der Waals surface area contributed by atoms with Crippen LogP contribution in [0.5, 0.6) is 11.5 Å². The average Bonchev–Trinajstić information content (AvgIpc) is 2.24. The lowest BCUT2D eigenvalue weighted by Gasteiger charge is -2.08. The molecule has 0 saturated carbocycles. The van der Waals surface area contributed by atoms with E-state index in [9.17, 15) is 10.2 Å². The van der Waals surface area contributed by atoms with Crippen LogP contribution in [0.2, 0.25) is 0 Å². The standard InChI is InChI=1S/C12H18O3/c1-2-10(13)6-4-8-15-12-7-3-5-11(14)9-12/h3,5,7,9-10,13-14H,2,4,6,8H2,1H3. The van der Waals surface area contributed by atoms with E-state index >= 15 is 0 Å². The first kappa shape index (κ1) is 11.9. The van der Waals surface area contributed by atoms with Gasteiger partial charge in [-0.05, 0) is 31.4 Å². The van der Waals surface area contributed by atoms with Gasteiger partial charge in [0.15, 0.2) is 0 Å². The van der Waals surface area contributed by atoms with Crippen molar-refractivity contribution in [2.75, 3.05) is 6.61 Å². The number of hydrogen-bond acceptors (Lipinski definition) is 3. The molecule has 0 aliphatic carbocycles. The third kappa shape index (κ3) is 4.70. The van der Waals surface area contributed by atoms with Crippen molar-refractivity contribution in [1.82, 2.24) is 0 Å². The summed E-state index contributed by atoms with van der Waals surface area (Å²) >= 11 is 0. The molecule has 0 saturated heterocycles. The molecule has 0 heterocycles. The summed E-state index contributed by atoms with van der Waals surface area (Å²) in [5.74, 6) is 0.877. The molecule has 1 atom stereocenters. The zero-order valence-electron chi connectivity index (χ0n) is 9.02. The minimum absolute atomic E-state index is 0.209. The molecule has 0 fully saturated rings. The van der Waals surface area contributed by atoms with E-state index in [0.717, 1.165) is 19.3 Å². The summed E-state index contributed by atoms with van der Waals surface area (Å²) in [6.45, 7) is 2.53. The Morgan fingerprint density at radius 1 is 1.40 bits per heavy atom. The highest BCUT2D eigenvalue weighted by Crippen LogP contribution is 2.17. The zero-order valence-corrected chi connectivity index (χ0v) is 9.02. The van der Waals surface area contributed by atoms with Crippen molar-refractivity contribution in [3.8, 4) is 11.5 Å². The van der Waals surface area contributed by atoms with E-state index in [1.54, 1.807) is 24.3 Å². The van der Waals surface area contributed by atoms with E-state index in [2.05, 4.69) is 0 Å². The van der Waals surface area contributed by atoms with Gasteiger partial charge in [-0.3, -0.25) is 0 Å². The summed E-state index contributed by atoms with van der Waals surface area (Å²) in [7, 11) is 0. The Hall–Kier alpha value is -1.22. The Morgan fingerprint density at radius 2 is 2.20 bits per heavy atom. The van der Waals surface area contributed by atoms with Crippen molar-refractivity contribution in [3.05, 3.63) is 24.3 Å². The molecule has 0 spiro atoms. The molecule has 1 rings (SSSR count). The smallest absolute Gasteiger partial charge is 0.122 e. The van der Waals surface area contributed by atoms with E-state index in [1.807, 2.05) is 6.92 Å². The Morgan fingerprint density at radius 3 is 2.87 bits per heavy atom. The molecular weight excluding hydrogens is 192 g/mol. The third-order valence-corrected chi connectivity index (χ3v) is 2.24. The number of aliphatic hydroxyl groups is 1. The van der Waals surface area contributed by atoms with E-state index in [1.165, 1.54) is 0 Å². The first-order valence-electron chi connectivity index (χ1n) is 5.32. The summed E-state index contributed by atoms with van der Waals surface area (Å²) in [6.07, 6.45) is 2.14. The molecule has 0 aliphatic rings. The second-order valence-electron chi connectivity index (χ2n) is 3.55. The van der Waals surface area contributed by atoms with Gasteiger partial charge in [0.05, 0.1) is 12.7 Å². The SMILES string of the molecule is CCC(O)CCCOc1cccc(O)c1. The molecule has 84 valence electrons. The molecule has 0 aromatic heterocycles. The monoisotopic (exact) mass is 210 g/mol. The Labute approximate surface area is 90.3 Å². The summed E-state index contributed by atoms with van der Waals surface area (Å²) < 4.78 is 5.41. The average molecular weight is 210 g/mol. The van der Waals surface area contributed by atoms with Gasteiger partial charge in [-0.15, -0.1) is 0 Å². The summed E-state index contributed by atoms with van der Waals surface area (Å²) in [5, 5.41) is 18.5.